The van der Waals surface area contributed by atoms with E-state index in [4.69, 9.17) is 9.47 Å². The van der Waals surface area contributed by atoms with Crippen molar-refractivity contribution in [3.63, 3.8) is 0 Å². The number of sulfone groups is 1. The summed E-state index contributed by atoms with van der Waals surface area (Å²) >= 11 is 2.49. The van der Waals surface area contributed by atoms with Crippen molar-refractivity contribution in [2.24, 2.45) is 0 Å². The van der Waals surface area contributed by atoms with Crippen LogP contribution in [0.15, 0.2) is 33.3 Å². The first-order valence-corrected chi connectivity index (χ1v) is 10.7. The van der Waals surface area contributed by atoms with Crippen LogP contribution in [0, 0.1) is 6.92 Å². The number of aryl methyl sites for hydroxylation is 1. The number of thiazole rings is 2. The van der Waals surface area contributed by atoms with Crippen molar-refractivity contribution < 1.29 is 17.9 Å². The molecule has 0 aliphatic carbocycles. The van der Waals surface area contributed by atoms with Crippen LogP contribution in [0.4, 0.5) is 0 Å². The predicted octanol–water partition coefficient (Wildman–Crippen LogP) is 3.57. The molecule has 3 rings (SSSR count). The van der Waals surface area contributed by atoms with E-state index in [9.17, 15) is 8.42 Å². The van der Waals surface area contributed by atoms with Crippen molar-refractivity contribution in [2.45, 2.75) is 17.0 Å². The first kappa shape index (κ1) is 17.8. The number of hydrogen-bond acceptors (Lipinski definition) is 8. The molecule has 0 bridgehead atoms. The van der Waals surface area contributed by atoms with Crippen molar-refractivity contribution in [3.8, 4) is 22.1 Å². The van der Waals surface area contributed by atoms with Crippen LogP contribution in [-0.2, 0) is 15.6 Å². The summed E-state index contributed by atoms with van der Waals surface area (Å²) in [6.45, 7) is 1.77. The minimum absolute atomic E-state index is 0.124. The Morgan fingerprint density at radius 1 is 1.08 bits per heavy atom. The Morgan fingerprint density at radius 3 is 2.52 bits per heavy atom. The lowest BCUT2D eigenvalue weighted by molar-refractivity contribution is 0.356. The molecule has 132 valence electrons. The van der Waals surface area contributed by atoms with Crippen molar-refractivity contribution in [1.29, 1.82) is 0 Å². The smallest absolute Gasteiger partial charge is 0.211 e. The molecule has 0 aliphatic rings. The Bertz CT molecular complexity index is 992. The van der Waals surface area contributed by atoms with E-state index >= 15 is 0 Å². The minimum atomic E-state index is -3.49. The molecule has 0 radical (unpaired) electrons. The first-order chi connectivity index (χ1) is 11.9. The quantitative estimate of drug-likeness (QED) is 0.634. The fourth-order valence-electron chi connectivity index (χ4n) is 2.28. The number of methoxy groups -OCH3 is 2. The van der Waals surface area contributed by atoms with Gasteiger partial charge in [0.05, 0.1) is 25.5 Å². The summed E-state index contributed by atoms with van der Waals surface area (Å²) in [4.78, 5) is 8.53. The van der Waals surface area contributed by atoms with Gasteiger partial charge in [-0.1, -0.05) is 6.07 Å². The Kier molecular flexibility index (Phi) is 5.07. The standard InChI is InChI=1S/C16H16N2O4S3/c1-10-7-24-16(17-10)25(19,20)9-11-8-23-15(18-11)12-5-4-6-13(21-2)14(12)22-3/h4-8H,9H2,1-3H3. The molecule has 25 heavy (non-hydrogen) atoms. The Balaban J connectivity index is 1.91. The second-order valence-electron chi connectivity index (χ2n) is 5.20. The zero-order valence-electron chi connectivity index (χ0n) is 13.8. The van der Waals surface area contributed by atoms with Gasteiger partial charge in [-0.25, -0.2) is 18.4 Å². The number of para-hydroxylation sites is 1. The molecule has 0 amide bonds. The normalized spacial score (nSPS) is 11.5. The third-order valence-corrected chi connectivity index (χ3v) is 7.41. The van der Waals surface area contributed by atoms with Crippen LogP contribution < -0.4 is 9.47 Å². The molecule has 0 atom stereocenters. The van der Waals surface area contributed by atoms with Gasteiger partial charge in [-0.05, 0) is 19.1 Å². The molecule has 6 nitrogen and oxygen atoms in total. The minimum Gasteiger partial charge on any atom is -0.493 e. The van der Waals surface area contributed by atoms with Gasteiger partial charge in [0.15, 0.2) is 11.5 Å². The topological polar surface area (TPSA) is 78.4 Å². The van der Waals surface area contributed by atoms with Gasteiger partial charge < -0.3 is 9.47 Å². The molecular formula is C16H16N2O4S3. The van der Waals surface area contributed by atoms with Gasteiger partial charge in [0.25, 0.3) is 0 Å². The summed E-state index contributed by atoms with van der Waals surface area (Å²) in [5.41, 5.74) is 1.95. The van der Waals surface area contributed by atoms with Crippen molar-refractivity contribution >= 4 is 32.5 Å². The highest BCUT2D eigenvalue weighted by Crippen LogP contribution is 2.39. The van der Waals surface area contributed by atoms with E-state index in [0.29, 0.717) is 27.9 Å². The zero-order chi connectivity index (χ0) is 18.0. The number of rotatable bonds is 6. The molecule has 2 aromatic heterocycles. The highest BCUT2D eigenvalue weighted by Gasteiger charge is 2.22. The van der Waals surface area contributed by atoms with Crippen molar-refractivity contribution in [1.82, 2.24) is 9.97 Å². The molecule has 0 saturated heterocycles. The molecule has 1 aromatic carbocycles. The maximum absolute atomic E-state index is 12.5. The highest BCUT2D eigenvalue weighted by molar-refractivity contribution is 7.92. The van der Waals surface area contributed by atoms with Crippen LogP contribution in [0.5, 0.6) is 11.5 Å². The van der Waals surface area contributed by atoms with Gasteiger partial charge in [0.2, 0.25) is 14.2 Å². The van der Waals surface area contributed by atoms with E-state index in [1.807, 2.05) is 12.1 Å². The average molecular weight is 397 g/mol. The van der Waals surface area contributed by atoms with Gasteiger partial charge in [0.1, 0.15) is 10.8 Å². The number of aromatic nitrogens is 2. The van der Waals surface area contributed by atoms with Crippen LogP contribution >= 0.6 is 22.7 Å². The summed E-state index contributed by atoms with van der Waals surface area (Å²) < 4.78 is 35.7. The van der Waals surface area contributed by atoms with Gasteiger partial charge >= 0.3 is 0 Å². The number of ether oxygens (including phenoxy) is 2. The van der Waals surface area contributed by atoms with Crippen molar-refractivity contribution in [3.05, 3.63) is 40.3 Å². The SMILES string of the molecule is COc1cccc(-c2nc(CS(=O)(=O)c3nc(C)cs3)cs2)c1OC. The summed E-state index contributed by atoms with van der Waals surface area (Å²) in [6.07, 6.45) is 0. The van der Waals surface area contributed by atoms with E-state index in [1.165, 1.54) is 11.3 Å². The van der Waals surface area contributed by atoms with Crippen LogP contribution in [0.3, 0.4) is 0 Å². The molecule has 3 aromatic rings. The monoisotopic (exact) mass is 396 g/mol. The van der Waals surface area contributed by atoms with E-state index in [-0.39, 0.29) is 10.1 Å². The Hall–Kier alpha value is -1.97. The molecular weight excluding hydrogens is 380 g/mol. The lowest BCUT2D eigenvalue weighted by atomic mass is 10.2. The molecule has 0 spiro atoms. The lowest BCUT2D eigenvalue weighted by Crippen LogP contribution is -2.05. The van der Waals surface area contributed by atoms with Crippen LogP contribution in [0.25, 0.3) is 10.6 Å². The summed E-state index contributed by atoms with van der Waals surface area (Å²) in [5, 5.41) is 4.14. The van der Waals surface area contributed by atoms with Crippen molar-refractivity contribution in [2.75, 3.05) is 14.2 Å². The number of nitrogens with zero attached hydrogens (tertiary/aromatic N) is 2. The molecule has 0 fully saturated rings. The van der Waals surface area contributed by atoms with E-state index in [1.54, 1.807) is 38.0 Å². The van der Waals surface area contributed by atoms with Crippen LogP contribution in [0.2, 0.25) is 0 Å². The Morgan fingerprint density at radius 2 is 1.88 bits per heavy atom. The second-order valence-corrected chi connectivity index (χ2v) is 9.08. The van der Waals surface area contributed by atoms with Gasteiger partial charge in [-0.2, -0.15) is 0 Å². The Labute approximate surface area is 154 Å². The molecule has 0 N–H and O–H groups in total. The fourth-order valence-corrected chi connectivity index (χ4v) is 5.60. The van der Waals surface area contributed by atoms with Crippen LogP contribution in [0.1, 0.15) is 11.4 Å². The second kappa shape index (κ2) is 7.11. The third-order valence-electron chi connectivity index (χ3n) is 3.39. The van der Waals surface area contributed by atoms with Crippen LogP contribution in [-0.4, -0.2) is 32.6 Å². The predicted molar refractivity (Wildman–Crippen MR) is 98.4 cm³/mol. The maximum atomic E-state index is 12.5. The lowest BCUT2D eigenvalue weighted by Gasteiger charge is -2.10. The van der Waals surface area contributed by atoms with E-state index in [2.05, 4.69) is 9.97 Å². The summed E-state index contributed by atoms with van der Waals surface area (Å²) in [5.74, 6) is 0.995. The van der Waals surface area contributed by atoms with Gasteiger partial charge in [-0.3, -0.25) is 0 Å². The molecule has 0 aliphatic heterocycles. The van der Waals surface area contributed by atoms with Gasteiger partial charge in [0, 0.05) is 16.5 Å². The number of benzene rings is 1. The van der Waals surface area contributed by atoms with E-state index in [0.717, 1.165) is 16.9 Å². The first-order valence-electron chi connectivity index (χ1n) is 7.25. The zero-order valence-corrected chi connectivity index (χ0v) is 16.3. The average Bonchev–Trinajstić information content (AvgIpc) is 3.23. The fraction of sp³-hybridized carbons (Fsp3) is 0.250. The third kappa shape index (κ3) is 3.68. The molecule has 0 saturated carbocycles. The van der Waals surface area contributed by atoms with Gasteiger partial charge in [-0.15, -0.1) is 22.7 Å². The largest absolute Gasteiger partial charge is 0.493 e. The summed E-state index contributed by atoms with van der Waals surface area (Å²) in [7, 11) is -0.367. The number of hydrogen-bond donors (Lipinski definition) is 0. The molecule has 2 heterocycles. The maximum Gasteiger partial charge on any atom is 0.211 e. The summed E-state index contributed by atoms with van der Waals surface area (Å²) in [6, 6.07) is 5.50. The molecule has 0 unspecified atom stereocenters. The van der Waals surface area contributed by atoms with E-state index < -0.39 is 9.84 Å². The highest BCUT2D eigenvalue weighted by atomic mass is 32.2. The molecule has 9 heteroatoms.